The first-order chi connectivity index (χ1) is 13.2. The number of nitrogens with one attached hydrogen (secondary N) is 1. The molecule has 2 amide bonds. The van der Waals surface area contributed by atoms with Gasteiger partial charge in [-0.2, -0.15) is 0 Å². The lowest BCUT2D eigenvalue weighted by Gasteiger charge is -2.32. The molecular formula is C20H28ClN3O4. The first-order valence-corrected chi connectivity index (χ1v) is 9.86. The molecule has 3 aliphatic rings. The second-order valence-electron chi connectivity index (χ2n) is 7.63. The van der Waals surface area contributed by atoms with E-state index in [2.05, 4.69) is 5.32 Å². The zero-order valence-corrected chi connectivity index (χ0v) is 16.7. The highest BCUT2D eigenvalue weighted by molar-refractivity contribution is 6.00. The molecule has 1 saturated carbocycles. The molecular weight excluding hydrogens is 382 g/mol. The Hall–Kier alpha value is -1.99. The molecule has 2 fully saturated rings. The van der Waals surface area contributed by atoms with E-state index in [0.29, 0.717) is 43.7 Å². The summed E-state index contributed by atoms with van der Waals surface area (Å²) in [6.45, 7) is 2.02. The van der Waals surface area contributed by atoms with Crippen LogP contribution in [0.2, 0.25) is 0 Å². The van der Waals surface area contributed by atoms with Crippen LogP contribution in [-0.2, 0) is 9.59 Å². The standard InChI is InChI=1S/C20H27N3O4.ClH/c21-11-13-3-1-2-4-16(13)22-20(25)14-9-19(24)23(12-14)15-5-6-17-18(10-15)27-8-7-26-17;/h5-6,10,13-14,16H,1-4,7-9,11-12,21H2,(H,22,25);1H. The molecule has 1 aromatic rings. The lowest BCUT2D eigenvalue weighted by Crippen LogP contribution is -2.47. The third-order valence-corrected chi connectivity index (χ3v) is 5.87. The van der Waals surface area contributed by atoms with E-state index in [1.807, 2.05) is 18.2 Å². The Labute approximate surface area is 171 Å². The van der Waals surface area contributed by atoms with Crippen LogP contribution in [0.3, 0.4) is 0 Å². The fraction of sp³-hybridized carbons (Fsp3) is 0.600. The molecule has 1 aromatic carbocycles. The van der Waals surface area contributed by atoms with Crippen molar-refractivity contribution in [1.29, 1.82) is 0 Å². The summed E-state index contributed by atoms with van der Waals surface area (Å²) in [5.74, 6) is 1.28. The topological polar surface area (TPSA) is 93.9 Å². The average molecular weight is 410 g/mol. The van der Waals surface area contributed by atoms with E-state index in [1.54, 1.807) is 4.90 Å². The van der Waals surface area contributed by atoms with Crippen LogP contribution < -0.4 is 25.4 Å². The maximum atomic E-state index is 12.8. The number of carbonyl (C=O) groups is 2. The van der Waals surface area contributed by atoms with E-state index in [0.717, 1.165) is 24.9 Å². The Morgan fingerprint density at radius 3 is 2.71 bits per heavy atom. The van der Waals surface area contributed by atoms with Gasteiger partial charge in [0.25, 0.3) is 0 Å². The van der Waals surface area contributed by atoms with Crippen LogP contribution in [0.15, 0.2) is 18.2 Å². The molecule has 0 spiro atoms. The van der Waals surface area contributed by atoms with Crippen molar-refractivity contribution < 1.29 is 19.1 Å². The normalized spacial score (nSPS) is 26.5. The average Bonchev–Trinajstić information content (AvgIpc) is 3.10. The number of ether oxygens (including phenoxy) is 2. The minimum absolute atomic E-state index is 0. The molecule has 8 heteroatoms. The second-order valence-corrected chi connectivity index (χ2v) is 7.63. The molecule has 0 bridgehead atoms. The number of anilines is 1. The summed E-state index contributed by atoms with van der Waals surface area (Å²) >= 11 is 0. The van der Waals surface area contributed by atoms with Crippen LogP contribution >= 0.6 is 12.4 Å². The van der Waals surface area contributed by atoms with Crippen LogP contribution in [0.25, 0.3) is 0 Å². The van der Waals surface area contributed by atoms with Gasteiger partial charge in [-0.15, -0.1) is 12.4 Å². The van der Waals surface area contributed by atoms with Crippen LogP contribution in [0.5, 0.6) is 11.5 Å². The zero-order valence-electron chi connectivity index (χ0n) is 15.9. The van der Waals surface area contributed by atoms with Gasteiger partial charge < -0.3 is 25.4 Å². The molecule has 2 aliphatic heterocycles. The first kappa shape index (κ1) is 20.7. The van der Waals surface area contributed by atoms with E-state index >= 15 is 0 Å². The van der Waals surface area contributed by atoms with E-state index in [-0.39, 0.29) is 42.6 Å². The largest absolute Gasteiger partial charge is 0.486 e. The first-order valence-electron chi connectivity index (χ1n) is 9.86. The maximum absolute atomic E-state index is 12.8. The third kappa shape index (κ3) is 4.20. The van der Waals surface area contributed by atoms with Gasteiger partial charge in [0.2, 0.25) is 11.8 Å². The van der Waals surface area contributed by atoms with Gasteiger partial charge >= 0.3 is 0 Å². The Kier molecular flexibility index (Phi) is 6.67. The number of nitrogens with zero attached hydrogens (tertiary/aromatic N) is 1. The molecule has 0 radical (unpaired) electrons. The Balaban J connectivity index is 0.00000225. The monoisotopic (exact) mass is 409 g/mol. The van der Waals surface area contributed by atoms with Gasteiger partial charge in [-0.25, -0.2) is 0 Å². The number of benzene rings is 1. The van der Waals surface area contributed by atoms with Crippen LogP contribution in [0, 0.1) is 11.8 Å². The predicted molar refractivity (Wildman–Crippen MR) is 108 cm³/mol. The molecule has 2 heterocycles. The van der Waals surface area contributed by atoms with Gasteiger partial charge in [0, 0.05) is 30.8 Å². The van der Waals surface area contributed by atoms with Gasteiger partial charge in [-0.05, 0) is 37.4 Å². The molecule has 28 heavy (non-hydrogen) atoms. The molecule has 154 valence electrons. The van der Waals surface area contributed by atoms with Crippen molar-refractivity contribution in [3.8, 4) is 11.5 Å². The van der Waals surface area contributed by atoms with Crippen molar-refractivity contribution in [2.75, 3.05) is 31.2 Å². The van der Waals surface area contributed by atoms with Gasteiger partial charge in [0.05, 0.1) is 5.92 Å². The number of hydrogen-bond donors (Lipinski definition) is 2. The molecule has 7 nitrogen and oxygen atoms in total. The summed E-state index contributed by atoms with van der Waals surface area (Å²) in [7, 11) is 0. The van der Waals surface area contributed by atoms with Crippen LogP contribution in [0.1, 0.15) is 32.1 Å². The number of fused-ring (bicyclic) bond motifs is 1. The number of halogens is 1. The quantitative estimate of drug-likeness (QED) is 0.791. The highest BCUT2D eigenvalue weighted by atomic mass is 35.5. The predicted octanol–water partition coefficient (Wildman–Crippen LogP) is 1.87. The van der Waals surface area contributed by atoms with Crippen molar-refractivity contribution in [2.24, 2.45) is 17.6 Å². The summed E-state index contributed by atoms with van der Waals surface area (Å²) < 4.78 is 11.1. The van der Waals surface area contributed by atoms with E-state index in [9.17, 15) is 9.59 Å². The summed E-state index contributed by atoms with van der Waals surface area (Å²) in [5, 5.41) is 3.16. The second kappa shape index (κ2) is 9.01. The SMILES string of the molecule is Cl.NCC1CCCCC1NC(=O)C1CC(=O)N(c2ccc3c(c2)OCCO3)C1. The number of hydrogen-bond acceptors (Lipinski definition) is 5. The number of rotatable bonds is 4. The van der Waals surface area contributed by atoms with Crippen LogP contribution in [0.4, 0.5) is 5.69 Å². The molecule has 3 N–H and O–H groups in total. The maximum Gasteiger partial charge on any atom is 0.227 e. The van der Waals surface area contributed by atoms with Crippen molar-refractivity contribution in [2.45, 2.75) is 38.1 Å². The lowest BCUT2D eigenvalue weighted by molar-refractivity contribution is -0.127. The summed E-state index contributed by atoms with van der Waals surface area (Å²) in [5.41, 5.74) is 6.61. The van der Waals surface area contributed by atoms with Gasteiger partial charge in [-0.1, -0.05) is 12.8 Å². The van der Waals surface area contributed by atoms with Crippen molar-refractivity contribution >= 4 is 29.9 Å². The van der Waals surface area contributed by atoms with Gasteiger partial charge in [-0.3, -0.25) is 9.59 Å². The van der Waals surface area contributed by atoms with E-state index < -0.39 is 0 Å². The third-order valence-electron chi connectivity index (χ3n) is 5.87. The van der Waals surface area contributed by atoms with Crippen molar-refractivity contribution in [3.05, 3.63) is 18.2 Å². The van der Waals surface area contributed by atoms with E-state index in [1.165, 1.54) is 6.42 Å². The molecule has 3 unspecified atom stereocenters. The molecule has 1 saturated heterocycles. The molecule has 4 rings (SSSR count). The van der Waals surface area contributed by atoms with Crippen LogP contribution in [-0.4, -0.2) is 44.2 Å². The molecule has 3 atom stereocenters. The fourth-order valence-corrected chi connectivity index (χ4v) is 4.31. The lowest BCUT2D eigenvalue weighted by atomic mass is 9.84. The molecule has 1 aliphatic carbocycles. The Morgan fingerprint density at radius 1 is 1.18 bits per heavy atom. The van der Waals surface area contributed by atoms with Crippen molar-refractivity contribution in [1.82, 2.24) is 5.32 Å². The minimum atomic E-state index is -0.328. The number of nitrogens with two attached hydrogens (primary N) is 1. The highest BCUT2D eigenvalue weighted by Crippen LogP contribution is 2.36. The number of carbonyl (C=O) groups excluding carboxylic acids is 2. The Morgan fingerprint density at radius 2 is 1.93 bits per heavy atom. The fourth-order valence-electron chi connectivity index (χ4n) is 4.31. The summed E-state index contributed by atoms with van der Waals surface area (Å²) in [6.07, 6.45) is 4.57. The molecule has 0 aromatic heterocycles. The zero-order chi connectivity index (χ0) is 18.8. The summed E-state index contributed by atoms with van der Waals surface area (Å²) in [6, 6.07) is 5.61. The van der Waals surface area contributed by atoms with Crippen molar-refractivity contribution in [3.63, 3.8) is 0 Å². The minimum Gasteiger partial charge on any atom is -0.486 e. The summed E-state index contributed by atoms with van der Waals surface area (Å²) in [4.78, 5) is 26.9. The van der Waals surface area contributed by atoms with Gasteiger partial charge in [0.1, 0.15) is 13.2 Å². The highest BCUT2D eigenvalue weighted by Gasteiger charge is 2.37. The van der Waals surface area contributed by atoms with E-state index in [4.69, 9.17) is 15.2 Å². The van der Waals surface area contributed by atoms with Gasteiger partial charge in [0.15, 0.2) is 11.5 Å². The Bertz CT molecular complexity index is 729. The smallest absolute Gasteiger partial charge is 0.227 e. The number of amides is 2.